The highest BCUT2D eigenvalue weighted by Gasteiger charge is 2.35. The molecule has 1 aliphatic heterocycles. The molecular weight excluding hydrogens is 230 g/mol. The smallest absolute Gasteiger partial charge is 0.0727 e. The van der Waals surface area contributed by atoms with Gasteiger partial charge in [0.05, 0.1) is 17.2 Å². The highest BCUT2D eigenvalue weighted by molar-refractivity contribution is 8.14. The van der Waals surface area contributed by atoms with Crippen LogP contribution in [0, 0.1) is 0 Å². The Hall–Kier alpha value is -0.800. The molecule has 0 radical (unpaired) electrons. The Morgan fingerprint density at radius 2 is 2.06 bits per heavy atom. The molecule has 2 nitrogen and oxygen atoms in total. The van der Waals surface area contributed by atoms with Crippen LogP contribution in [0.2, 0.25) is 0 Å². The lowest BCUT2D eigenvalue weighted by Crippen LogP contribution is -2.30. The second-order valence-electron chi connectivity index (χ2n) is 4.88. The molecular formula is C14H17NOS. The van der Waals surface area contributed by atoms with Crippen LogP contribution in [0.15, 0.2) is 35.3 Å². The second kappa shape index (κ2) is 4.83. The molecule has 0 aromatic heterocycles. The van der Waals surface area contributed by atoms with E-state index in [1.54, 1.807) is 0 Å². The average Bonchev–Trinajstić information content (AvgIpc) is 2.71. The first-order valence-electron chi connectivity index (χ1n) is 6.26. The summed E-state index contributed by atoms with van der Waals surface area (Å²) < 4.78 is 0. The Bertz CT molecular complexity index is 417. The zero-order chi connectivity index (χ0) is 11.7. The molecule has 0 bridgehead atoms. The molecule has 1 aromatic rings. The van der Waals surface area contributed by atoms with Crippen molar-refractivity contribution in [3.05, 3.63) is 35.9 Å². The third-order valence-electron chi connectivity index (χ3n) is 3.52. The maximum atomic E-state index is 9.67. The lowest BCUT2D eigenvalue weighted by Gasteiger charge is -2.26. The molecule has 17 heavy (non-hydrogen) atoms. The minimum atomic E-state index is -0.102. The number of hydrogen-bond acceptors (Lipinski definition) is 3. The Labute approximate surface area is 106 Å². The SMILES string of the molecule is OC1CCC2N=C(Cc3ccccc3)SC2C1. The van der Waals surface area contributed by atoms with Crippen molar-refractivity contribution < 1.29 is 5.11 Å². The summed E-state index contributed by atoms with van der Waals surface area (Å²) in [5.74, 6) is 0. The van der Waals surface area contributed by atoms with Crippen LogP contribution < -0.4 is 0 Å². The van der Waals surface area contributed by atoms with Crippen LogP contribution in [0.25, 0.3) is 0 Å². The van der Waals surface area contributed by atoms with Crippen molar-refractivity contribution in [3.8, 4) is 0 Å². The van der Waals surface area contributed by atoms with Gasteiger partial charge < -0.3 is 5.11 Å². The van der Waals surface area contributed by atoms with E-state index in [9.17, 15) is 5.11 Å². The number of aliphatic imine (C=N–C) groups is 1. The van der Waals surface area contributed by atoms with E-state index in [0.717, 1.165) is 25.7 Å². The molecule has 3 heteroatoms. The molecule has 1 aromatic carbocycles. The van der Waals surface area contributed by atoms with Crippen LogP contribution >= 0.6 is 11.8 Å². The molecule has 0 amide bonds. The van der Waals surface area contributed by atoms with Crippen molar-refractivity contribution in [2.45, 2.75) is 43.1 Å². The average molecular weight is 247 g/mol. The summed E-state index contributed by atoms with van der Waals surface area (Å²) in [6.45, 7) is 0. The van der Waals surface area contributed by atoms with E-state index in [-0.39, 0.29) is 6.10 Å². The molecule has 1 heterocycles. The highest BCUT2D eigenvalue weighted by Crippen LogP contribution is 2.37. The first-order valence-corrected chi connectivity index (χ1v) is 7.14. The fourth-order valence-corrected chi connectivity index (χ4v) is 4.08. The fraction of sp³-hybridized carbons (Fsp3) is 0.500. The predicted octanol–water partition coefficient (Wildman–Crippen LogP) is 2.66. The van der Waals surface area contributed by atoms with Crippen LogP contribution in [0.5, 0.6) is 0 Å². The molecule has 2 aliphatic rings. The first-order chi connectivity index (χ1) is 8.31. The molecule has 0 spiro atoms. The Kier molecular flexibility index (Phi) is 3.21. The number of aliphatic hydroxyl groups excluding tert-OH is 1. The molecule has 0 saturated heterocycles. The van der Waals surface area contributed by atoms with Gasteiger partial charge in [0, 0.05) is 11.7 Å². The van der Waals surface area contributed by atoms with Crippen molar-refractivity contribution in [1.29, 1.82) is 0 Å². The van der Waals surface area contributed by atoms with Crippen LogP contribution in [-0.4, -0.2) is 27.5 Å². The molecule has 90 valence electrons. The molecule has 3 unspecified atom stereocenters. The van der Waals surface area contributed by atoms with Crippen LogP contribution in [0.3, 0.4) is 0 Å². The summed E-state index contributed by atoms with van der Waals surface area (Å²) in [6.07, 6.45) is 3.74. The van der Waals surface area contributed by atoms with Crippen LogP contribution in [-0.2, 0) is 6.42 Å². The maximum Gasteiger partial charge on any atom is 0.0727 e. The van der Waals surface area contributed by atoms with Gasteiger partial charge in [0.15, 0.2) is 0 Å². The van der Waals surface area contributed by atoms with Crippen LogP contribution in [0.1, 0.15) is 24.8 Å². The summed E-state index contributed by atoms with van der Waals surface area (Å²) in [5.41, 5.74) is 1.33. The Balaban J connectivity index is 1.67. The standard InChI is InChI=1S/C14H17NOS/c16-11-6-7-12-13(9-11)17-14(15-12)8-10-4-2-1-3-5-10/h1-5,11-13,16H,6-9H2. The molecule has 1 saturated carbocycles. The van der Waals surface area contributed by atoms with Crippen molar-refractivity contribution in [2.24, 2.45) is 4.99 Å². The summed E-state index contributed by atoms with van der Waals surface area (Å²) in [6, 6.07) is 11.0. The number of nitrogens with zero attached hydrogens (tertiary/aromatic N) is 1. The molecule has 1 N–H and O–H groups in total. The van der Waals surface area contributed by atoms with E-state index in [1.807, 2.05) is 17.8 Å². The van der Waals surface area contributed by atoms with Gasteiger partial charge in [0.25, 0.3) is 0 Å². The predicted molar refractivity (Wildman–Crippen MR) is 72.6 cm³/mol. The van der Waals surface area contributed by atoms with Gasteiger partial charge in [-0.25, -0.2) is 0 Å². The summed E-state index contributed by atoms with van der Waals surface area (Å²) in [5, 5.41) is 11.4. The van der Waals surface area contributed by atoms with E-state index in [0.29, 0.717) is 11.3 Å². The van der Waals surface area contributed by atoms with Gasteiger partial charge in [-0.05, 0) is 24.8 Å². The fourth-order valence-electron chi connectivity index (χ4n) is 2.61. The third kappa shape index (κ3) is 2.55. The van der Waals surface area contributed by atoms with Crippen molar-refractivity contribution >= 4 is 16.8 Å². The van der Waals surface area contributed by atoms with Crippen molar-refractivity contribution in [2.75, 3.05) is 0 Å². The highest BCUT2D eigenvalue weighted by atomic mass is 32.2. The zero-order valence-electron chi connectivity index (χ0n) is 9.75. The number of benzene rings is 1. The number of hydrogen-bond donors (Lipinski definition) is 1. The minimum Gasteiger partial charge on any atom is -0.393 e. The van der Waals surface area contributed by atoms with Gasteiger partial charge in [-0.15, -0.1) is 11.8 Å². The van der Waals surface area contributed by atoms with Crippen molar-refractivity contribution in [3.63, 3.8) is 0 Å². The summed E-state index contributed by atoms with van der Waals surface area (Å²) in [4.78, 5) is 4.81. The van der Waals surface area contributed by atoms with Gasteiger partial charge in [-0.3, -0.25) is 4.99 Å². The molecule has 3 rings (SSSR count). The van der Waals surface area contributed by atoms with Gasteiger partial charge >= 0.3 is 0 Å². The largest absolute Gasteiger partial charge is 0.393 e. The van der Waals surface area contributed by atoms with Crippen molar-refractivity contribution in [1.82, 2.24) is 0 Å². The second-order valence-corrected chi connectivity index (χ2v) is 6.19. The first kappa shape index (κ1) is 11.3. The van der Waals surface area contributed by atoms with E-state index < -0.39 is 0 Å². The third-order valence-corrected chi connectivity index (χ3v) is 4.86. The number of aliphatic hydroxyl groups is 1. The van der Waals surface area contributed by atoms with Gasteiger partial charge in [0.1, 0.15) is 0 Å². The van der Waals surface area contributed by atoms with Gasteiger partial charge in [-0.1, -0.05) is 30.3 Å². The quantitative estimate of drug-likeness (QED) is 0.871. The van der Waals surface area contributed by atoms with Gasteiger partial charge in [0.2, 0.25) is 0 Å². The molecule has 1 fully saturated rings. The summed E-state index contributed by atoms with van der Waals surface area (Å²) >= 11 is 1.88. The maximum absolute atomic E-state index is 9.67. The lowest BCUT2D eigenvalue weighted by molar-refractivity contribution is 0.127. The Morgan fingerprint density at radius 3 is 2.88 bits per heavy atom. The van der Waals surface area contributed by atoms with Crippen LogP contribution in [0.4, 0.5) is 0 Å². The van der Waals surface area contributed by atoms with E-state index in [1.165, 1.54) is 10.6 Å². The molecule has 1 aliphatic carbocycles. The number of fused-ring (bicyclic) bond motifs is 1. The van der Waals surface area contributed by atoms with E-state index >= 15 is 0 Å². The van der Waals surface area contributed by atoms with E-state index in [4.69, 9.17) is 4.99 Å². The molecule has 3 atom stereocenters. The number of thioether (sulfide) groups is 1. The lowest BCUT2D eigenvalue weighted by atomic mass is 9.93. The Morgan fingerprint density at radius 1 is 1.24 bits per heavy atom. The van der Waals surface area contributed by atoms with E-state index in [2.05, 4.69) is 24.3 Å². The normalized spacial score (nSPS) is 32.1. The van der Waals surface area contributed by atoms with Gasteiger partial charge in [-0.2, -0.15) is 0 Å². The topological polar surface area (TPSA) is 32.6 Å². The zero-order valence-corrected chi connectivity index (χ0v) is 10.6. The number of rotatable bonds is 2. The monoisotopic (exact) mass is 247 g/mol. The minimum absolute atomic E-state index is 0.102. The summed E-state index contributed by atoms with van der Waals surface area (Å²) in [7, 11) is 0.